The fourth-order valence-corrected chi connectivity index (χ4v) is 2.38. The molecule has 1 amide bonds. The molecule has 1 heterocycles. The van der Waals surface area contributed by atoms with E-state index in [0.717, 1.165) is 36.9 Å². The fraction of sp³-hybridized carbons (Fsp3) is 0.533. The second-order valence-corrected chi connectivity index (χ2v) is 5.08. The predicted octanol–water partition coefficient (Wildman–Crippen LogP) is 1.06. The standard InChI is InChI=1S/C15H22N2O3/c16-10-13-6-7-14(20-13)15(19)17-12-5-1-3-11(9-12)4-2-8-18/h1,3,5,9,13-14,18H,2,4,6-8,10,16H2,(H,17,19). The minimum absolute atomic E-state index is 0.00152. The van der Waals surface area contributed by atoms with E-state index < -0.39 is 6.10 Å². The Hall–Kier alpha value is -1.43. The first kappa shape index (κ1) is 15.0. The lowest BCUT2D eigenvalue weighted by Crippen LogP contribution is -2.29. The van der Waals surface area contributed by atoms with Crippen molar-refractivity contribution in [1.82, 2.24) is 0 Å². The molecule has 5 nitrogen and oxygen atoms in total. The van der Waals surface area contributed by atoms with Crippen molar-refractivity contribution in [3.05, 3.63) is 29.8 Å². The SMILES string of the molecule is NCC1CCC(C(=O)Nc2cccc(CCCO)c2)O1. The van der Waals surface area contributed by atoms with Crippen LogP contribution in [-0.2, 0) is 16.0 Å². The van der Waals surface area contributed by atoms with Crippen LogP contribution in [0.15, 0.2) is 24.3 Å². The topological polar surface area (TPSA) is 84.6 Å². The smallest absolute Gasteiger partial charge is 0.253 e. The van der Waals surface area contributed by atoms with Gasteiger partial charge in [-0.05, 0) is 43.4 Å². The number of carbonyl (C=O) groups is 1. The minimum atomic E-state index is -0.398. The van der Waals surface area contributed by atoms with Crippen LogP contribution in [0.25, 0.3) is 0 Å². The van der Waals surface area contributed by atoms with Crippen molar-refractivity contribution >= 4 is 11.6 Å². The lowest BCUT2D eigenvalue weighted by molar-refractivity contribution is -0.126. The second-order valence-electron chi connectivity index (χ2n) is 5.08. The second kappa shape index (κ2) is 7.38. The molecule has 2 unspecified atom stereocenters. The zero-order chi connectivity index (χ0) is 14.4. The molecule has 1 aliphatic rings. The van der Waals surface area contributed by atoms with E-state index in [0.29, 0.717) is 6.54 Å². The Bertz CT molecular complexity index is 450. The molecule has 1 aromatic rings. The third kappa shape index (κ3) is 4.03. The highest BCUT2D eigenvalue weighted by Gasteiger charge is 2.29. The van der Waals surface area contributed by atoms with Crippen LogP contribution in [0, 0.1) is 0 Å². The number of ether oxygens (including phenoxy) is 1. The maximum absolute atomic E-state index is 12.1. The van der Waals surface area contributed by atoms with Crippen molar-refractivity contribution in [1.29, 1.82) is 0 Å². The van der Waals surface area contributed by atoms with Gasteiger partial charge in [0.2, 0.25) is 0 Å². The van der Waals surface area contributed by atoms with Gasteiger partial charge in [0, 0.05) is 18.8 Å². The number of hydrogen-bond donors (Lipinski definition) is 3. The molecule has 0 spiro atoms. The van der Waals surface area contributed by atoms with Crippen LogP contribution in [0.2, 0.25) is 0 Å². The summed E-state index contributed by atoms with van der Waals surface area (Å²) in [4.78, 5) is 12.1. The normalized spacial score (nSPS) is 21.9. The number of aryl methyl sites for hydroxylation is 1. The minimum Gasteiger partial charge on any atom is -0.396 e. The summed E-state index contributed by atoms with van der Waals surface area (Å²) >= 11 is 0. The Morgan fingerprint density at radius 1 is 1.45 bits per heavy atom. The molecule has 0 aliphatic carbocycles. The van der Waals surface area contributed by atoms with E-state index in [1.807, 2.05) is 24.3 Å². The summed E-state index contributed by atoms with van der Waals surface area (Å²) in [5.74, 6) is -0.111. The van der Waals surface area contributed by atoms with Crippen molar-refractivity contribution in [3.63, 3.8) is 0 Å². The Labute approximate surface area is 119 Å². The molecule has 5 heteroatoms. The predicted molar refractivity (Wildman–Crippen MR) is 77.4 cm³/mol. The molecule has 0 radical (unpaired) electrons. The summed E-state index contributed by atoms with van der Waals surface area (Å²) in [6.45, 7) is 0.632. The van der Waals surface area contributed by atoms with Crippen LogP contribution >= 0.6 is 0 Å². The number of amides is 1. The lowest BCUT2D eigenvalue weighted by atomic mass is 10.1. The number of anilines is 1. The maximum Gasteiger partial charge on any atom is 0.253 e. The van der Waals surface area contributed by atoms with Crippen LogP contribution in [-0.4, -0.2) is 36.4 Å². The van der Waals surface area contributed by atoms with Gasteiger partial charge >= 0.3 is 0 Å². The van der Waals surface area contributed by atoms with E-state index in [-0.39, 0.29) is 18.6 Å². The van der Waals surface area contributed by atoms with Crippen molar-refractivity contribution < 1.29 is 14.6 Å². The van der Waals surface area contributed by atoms with Gasteiger partial charge in [0.1, 0.15) is 6.10 Å². The van der Waals surface area contributed by atoms with E-state index >= 15 is 0 Å². The number of carbonyl (C=O) groups excluding carboxylic acids is 1. The highest BCUT2D eigenvalue weighted by atomic mass is 16.5. The number of benzene rings is 1. The Kier molecular flexibility index (Phi) is 5.52. The first-order chi connectivity index (χ1) is 9.72. The molecule has 20 heavy (non-hydrogen) atoms. The number of hydrogen-bond acceptors (Lipinski definition) is 4. The molecule has 1 fully saturated rings. The monoisotopic (exact) mass is 278 g/mol. The molecule has 1 saturated heterocycles. The largest absolute Gasteiger partial charge is 0.396 e. The molecular formula is C15H22N2O3. The van der Waals surface area contributed by atoms with Gasteiger partial charge in [-0.1, -0.05) is 12.1 Å². The average Bonchev–Trinajstić information content (AvgIpc) is 2.94. The van der Waals surface area contributed by atoms with E-state index in [1.165, 1.54) is 0 Å². The van der Waals surface area contributed by atoms with Gasteiger partial charge in [0.25, 0.3) is 5.91 Å². The fourth-order valence-electron chi connectivity index (χ4n) is 2.38. The third-order valence-electron chi connectivity index (χ3n) is 3.48. The molecule has 110 valence electrons. The van der Waals surface area contributed by atoms with Crippen LogP contribution in [0.5, 0.6) is 0 Å². The van der Waals surface area contributed by atoms with Crippen LogP contribution in [0.4, 0.5) is 5.69 Å². The van der Waals surface area contributed by atoms with E-state index in [9.17, 15) is 4.79 Å². The third-order valence-corrected chi connectivity index (χ3v) is 3.48. The van der Waals surface area contributed by atoms with Gasteiger partial charge in [-0.2, -0.15) is 0 Å². The highest BCUT2D eigenvalue weighted by molar-refractivity contribution is 5.94. The molecule has 2 atom stereocenters. The summed E-state index contributed by atoms with van der Waals surface area (Å²) in [5.41, 5.74) is 7.41. The van der Waals surface area contributed by atoms with Gasteiger partial charge in [0.15, 0.2) is 0 Å². The molecule has 2 rings (SSSR count). The molecule has 0 bridgehead atoms. The lowest BCUT2D eigenvalue weighted by Gasteiger charge is -2.13. The maximum atomic E-state index is 12.1. The molecule has 0 saturated carbocycles. The summed E-state index contributed by atoms with van der Waals surface area (Å²) < 4.78 is 5.57. The number of aliphatic hydroxyl groups is 1. The van der Waals surface area contributed by atoms with E-state index in [1.54, 1.807) is 0 Å². The summed E-state index contributed by atoms with van der Waals surface area (Å²) in [7, 11) is 0. The van der Waals surface area contributed by atoms with Gasteiger partial charge < -0.3 is 20.9 Å². The molecular weight excluding hydrogens is 256 g/mol. The average molecular weight is 278 g/mol. The molecule has 0 aromatic heterocycles. The number of nitrogens with two attached hydrogens (primary N) is 1. The van der Waals surface area contributed by atoms with Crippen LogP contribution in [0.1, 0.15) is 24.8 Å². The van der Waals surface area contributed by atoms with Crippen molar-refractivity contribution in [2.75, 3.05) is 18.5 Å². The Balaban J connectivity index is 1.91. The first-order valence-electron chi connectivity index (χ1n) is 7.09. The van der Waals surface area contributed by atoms with Gasteiger partial charge in [0.05, 0.1) is 6.10 Å². The first-order valence-corrected chi connectivity index (χ1v) is 7.09. The number of nitrogens with one attached hydrogen (secondary N) is 1. The van der Waals surface area contributed by atoms with E-state index in [4.69, 9.17) is 15.6 Å². The van der Waals surface area contributed by atoms with Gasteiger partial charge in [-0.25, -0.2) is 0 Å². The van der Waals surface area contributed by atoms with E-state index in [2.05, 4.69) is 5.32 Å². The van der Waals surface area contributed by atoms with Crippen LogP contribution in [0.3, 0.4) is 0 Å². The quantitative estimate of drug-likeness (QED) is 0.726. The zero-order valence-corrected chi connectivity index (χ0v) is 11.5. The van der Waals surface area contributed by atoms with Gasteiger partial charge in [-0.3, -0.25) is 4.79 Å². The zero-order valence-electron chi connectivity index (χ0n) is 11.5. The Morgan fingerprint density at radius 2 is 2.30 bits per heavy atom. The molecule has 4 N–H and O–H groups in total. The summed E-state index contributed by atoms with van der Waals surface area (Å²) in [6.07, 6.45) is 2.69. The van der Waals surface area contributed by atoms with Crippen molar-refractivity contribution in [2.24, 2.45) is 5.73 Å². The molecule has 1 aliphatic heterocycles. The summed E-state index contributed by atoms with van der Waals surface area (Å²) in [5, 5.41) is 11.7. The number of rotatable bonds is 6. The van der Waals surface area contributed by atoms with Gasteiger partial charge in [-0.15, -0.1) is 0 Å². The van der Waals surface area contributed by atoms with Crippen molar-refractivity contribution in [3.8, 4) is 0 Å². The molecule has 1 aromatic carbocycles. The number of aliphatic hydroxyl groups excluding tert-OH is 1. The Morgan fingerprint density at radius 3 is 3.00 bits per heavy atom. The summed E-state index contributed by atoms with van der Waals surface area (Å²) in [6, 6.07) is 7.68. The highest BCUT2D eigenvalue weighted by Crippen LogP contribution is 2.21. The van der Waals surface area contributed by atoms with Crippen molar-refractivity contribution in [2.45, 2.75) is 37.9 Å². The van der Waals surface area contributed by atoms with Crippen LogP contribution < -0.4 is 11.1 Å².